The van der Waals surface area contributed by atoms with Gasteiger partial charge < -0.3 is 19.4 Å². The standard InChI is InChI=1S/C23H29N3O7S/c1-17-5-6-18(2)20(14-17)34(30,31)26-11-9-25(10-12-26)22(28)7-8-23(29)33-16-21(27)24-15-19-4-3-13-32-19/h3-6,13-14H,7-12,15-16H2,1-2H3,(H,24,27). The normalized spacial score (nSPS) is 14.6. The number of aryl methyl sites for hydroxylation is 2. The molecule has 1 aromatic heterocycles. The van der Waals surface area contributed by atoms with E-state index in [1.54, 1.807) is 36.1 Å². The molecule has 2 amide bonds. The van der Waals surface area contributed by atoms with Gasteiger partial charge in [-0.25, -0.2) is 8.42 Å². The number of ether oxygens (including phenoxy) is 1. The first-order valence-electron chi connectivity index (χ1n) is 11.0. The molecule has 1 aromatic carbocycles. The fourth-order valence-corrected chi connectivity index (χ4v) is 5.27. The van der Waals surface area contributed by atoms with Crippen LogP contribution in [0.4, 0.5) is 0 Å². The lowest BCUT2D eigenvalue weighted by Gasteiger charge is -2.34. The highest BCUT2D eigenvalue weighted by atomic mass is 32.2. The van der Waals surface area contributed by atoms with Crippen molar-refractivity contribution in [2.24, 2.45) is 0 Å². The van der Waals surface area contributed by atoms with Gasteiger partial charge >= 0.3 is 5.97 Å². The number of nitrogens with zero attached hydrogens (tertiary/aromatic N) is 2. The summed E-state index contributed by atoms with van der Waals surface area (Å²) in [5, 5.41) is 2.55. The molecular weight excluding hydrogens is 462 g/mol. The molecule has 0 atom stereocenters. The fourth-order valence-electron chi connectivity index (χ4n) is 3.54. The molecule has 0 spiro atoms. The number of nitrogens with one attached hydrogen (secondary N) is 1. The minimum atomic E-state index is -3.65. The summed E-state index contributed by atoms with van der Waals surface area (Å²) in [6, 6.07) is 8.71. The molecule has 0 bridgehead atoms. The summed E-state index contributed by atoms with van der Waals surface area (Å²) >= 11 is 0. The van der Waals surface area contributed by atoms with Gasteiger partial charge in [-0.2, -0.15) is 4.31 Å². The summed E-state index contributed by atoms with van der Waals surface area (Å²) in [4.78, 5) is 37.9. The highest BCUT2D eigenvalue weighted by Gasteiger charge is 2.31. The van der Waals surface area contributed by atoms with Gasteiger partial charge in [-0.15, -0.1) is 0 Å². The number of carbonyl (C=O) groups is 3. The van der Waals surface area contributed by atoms with Gasteiger partial charge in [0.1, 0.15) is 5.76 Å². The van der Waals surface area contributed by atoms with Gasteiger partial charge in [0.05, 0.1) is 24.1 Å². The second-order valence-electron chi connectivity index (χ2n) is 8.07. The Bertz CT molecular complexity index is 1120. The molecule has 0 saturated carbocycles. The van der Waals surface area contributed by atoms with Crippen molar-refractivity contribution in [2.75, 3.05) is 32.8 Å². The van der Waals surface area contributed by atoms with Crippen molar-refractivity contribution in [2.45, 2.75) is 38.1 Å². The van der Waals surface area contributed by atoms with Crippen LogP contribution in [0.1, 0.15) is 29.7 Å². The Labute approximate surface area is 198 Å². The quantitative estimate of drug-likeness (QED) is 0.525. The molecule has 3 rings (SSSR count). The van der Waals surface area contributed by atoms with E-state index in [4.69, 9.17) is 9.15 Å². The van der Waals surface area contributed by atoms with Crippen LogP contribution in [0.2, 0.25) is 0 Å². The third kappa shape index (κ3) is 6.67. The van der Waals surface area contributed by atoms with Crippen LogP contribution in [0.5, 0.6) is 0 Å². The number of hydrogen-bond donors (Lipinski definition) is 1. The Kier molecular flexibility index (Phi) is 8.46. The first-order chi connectivity index (χ1) is 16.2. The van der Waals surface area contributed by atoms with Crippen molar-refractivity contribution >= 4 is 27.8 Å². The fraction of sp³-hybridized carbons (Fsp3) is 0.435. The smallest absolute Gasteiger partial charge is 0.306 e. The van der Waals surface area contributed by atoms with E-state index in [1.165, 1.54) is 10.6 Å². The molecule has 10 nitrogen and oxygen atoms in total. The molecule has 1 fully saturated rings. The van der Waals surface area contributed by atoms with Crippen LogP contribution in [-0.4, -0.2) is 68.2 Å². The zero-order chi connectivity index (χ0) is 24.7. The molecular formula is C23H29N3O7S. The predicted molar refractivity (Wildman–Crippen MR) is 122 cm³/mol. The van der Waals surface area contributed by atoms with Crippen molar-refractivity contribution in [1.82, 2.24) is 14.5 Å². The summed E-state index contributed by atoms with van der Waals surface area (Å²) < 4.78 is 37.4. The van der Waals surface area contributed by atoms with E-state index >= 15 is 0 Å². The van der Waals surface area contributed by atoms with Crippen LogP contribution in [0, 0.1) is 13.8 Å². The predicted octanol–water partition coefficient (Wildman–Crippen LogP) is 1.37. The Morgan fingerprint density at radius 3 is 2.47 bits per heavy atom. The number of benzene rings is 1. The number of esters is 1. The summed E-state index contributed by atoms with van der Waals surface area (Å²) in [7, 11) is -3.65. The highest BCUT2D eigenvalue weighted by molar-refractivity contribution is 7.89. The third-order valence-electron chi connectivity index (χ3n) is 5.50. The van der Waals surface area contributed by atoms with E-state index in [2.05, 4.69) is 5.32 Å². The number of hydrogen-bond acceptors (Lipinski definition) is 7. The molecule has 2 aromatic rings. The number of carbonyl (C=O) groups excluding carboxylic acids is 3. The summed E-state index contributed by atoms with van der Waals surface area (Å²) in [6.07, 6.45) is 1.25. The molecule has 2 heterocycles. The lowest BCUT2D eigenvalue weighted by molar-refractivity contribution is -0.150. The molecule has 34 heavy (non-hydrogen) atoms. The number of rotatable bonds is 9. The van der Waals surface area contributed by atoms with Crippen molar-refractivity contribution in [3.8, 4) is 0 Å². The summed E-state index contributed by atoms with van der Waals surface area (Å²) in [6.45, 7) is 4.20. The van der Waals surface area contributed by atoms with E-state index in [-0.39, 0.29) is 56.4 Å². The summed E-state index contributed by atoms with van der Waals surface area (Å²) in [5.74, 6) is -0.815. The first kappa shape index (κ1) is 25.4. The van der Waals surface area contributed by atoms with Gasteiger partial charge in [-0.1, -0.05) is 12.1 Å². The minimum Gasteiger partial charge on any atom is -0.467 e. The van der Waals surface area contributed by atoms with Gasteiger partial charge in [-0.3, -0.25) is 14.4 Å². The third-order valence-corrected chi connectivity index (χ3v) is 7.54. The number of amides is 2. The Morgan fingerprint density at radius 2 is 1.79 bits per heavy atom. The second kappa shape index (κ2) is 11.3. The molecule has 0 radical (unpaired) electrons. The lowest BCUT2D eigenvalue weighted by Crippen LogP contribution is -2.50. The van der Waals surface area contributed by atoms with Crippen molar-refractivity contribution in [1.29, 1.82) is 0 Å². The Morgan fingerprint density at radius 1 is 1.06 bits per heavy atom. The Balaban J connectivity index is 1.39. The molecule has 11 heteroatoms. The monoisotopic (exact) mass is 491 g/mol. The maximum Gasteiger partial charge on any atom is 0.306 e. The van der Waals surface area contributed by atoms with E-state index in [0.717, 1.165) is 5.56 Å². The van der Waals surface area contributed by atoms with Crippen LogP contribution in [0.25, 0.3) is 0 Å². The van der Waals surface area contributed by atoms with Crippen LogP contribution in [-0.2, 0) is 35.7 Å². The lowest BCUT2D eigenvalue weighted by atomic mass is 10.2. The van der Waals surface area contributed by atoms with Crippen LogP contribution < -0.4 is 5.32 Å². The Hall–Kier alpha value is -3.18. The summed E-state index contributed by atoms with van der Waals surface area (Å²) in [5.41, 5.74) is 1.54. The molecule has 0 unspecified atom stereocenters. The number of piperazine rings is 1. The largest absolute Gasteiger partial charge is 0.467 e. The van der Waals surface area contributed by atoms with E-state index in [0.29, 0.717) is 11.3 Å². The molecule has 1 aliphatic heterocycles. The van der Waals surface area contributed by atoms with E-state index in [1.807, 2.05) is 13.0 Å². The maximum atomic E-state index is 13.0. The molecule has 1 N–H and O–H groups in total. The minimum absolute atomic E-state index is 0.0728. The first-order valence-corrected chi connectivity index (χ1v) is 12.4. The van der Waals surface area contributed by atoms with Gasteiger partial charge in [0.2, 0.25) is 15.9 Å². The van der Waals surface area contributed by atoms with Gasteiger partial charge in [-0.05, 0) is 43.2 Å². The van der Waals surface area contributed by atoms with Crippen molar-refractivity contribution in [3.05, 3.63) is 53.5 Å². The molecule has 1 saturated heterocycles. The average Bonchev–Trinajstić information content (AvgIpc) is 3.35. The molecule has 1 aliphatic rings. The van der Waals surface area contributed by atoms with Gasteiger partial charge in [0, 0.05) is 32.6 Å². The number of furan rings is 1. The zero-order valence-corrected chi connectivity index (χ0v) is 20.1. The van der Waals surface area contributed by atoms with E-state index < -0.39 is 28.5 Å². The molecule has 0 aliphatic carbocycles. The van der Waals surface area contributed by atoms with Gasteiger partial charge in [0.25, 0.3) is 5.91 Å². The SMILES string of the molecule is Cc1ccc(C)c(S(=O)(=O)N2CCN(C(=O)CCC(=O)OCC(=O)NCc3ccco3)CC2)c1. The zero-order valence-electron chi connectivity index (χ0n) is 19.3. The van der Waals surface area contributed by atoms with Crippen LogP contribution in [0.3, 0.4) is 0 Å². The van der Waals surface area contributed by atoms with Crippen molar-refractivity contribution in [3.63, 3.8) is 0 Å². The highest BCUT2D eigenvalue weighted by Crippen LogP contribution is 2.22. The average molecular weight is 492 g/mol. The topological polar surface area (TPSA) is 126 Å². The van der Waals surface area contributed by atoms with Gasteiger partial charge in [0.15, 0.2) is 6.61 Å². The van der Waals surface area contributed by atoms with E-state index in [9.17, 15) is 22.8 Å². The van der Waals surface area contributed by atoms with Crippen LogP contribution in [0.15, 0.2) is 45.9 Å². The van der Waals surface area contributed by atoms with Crippen LogP contribution >= 0.6 is 0 Å². The molecule has 184 valence electrons. The second-order valence-corrected chi connectivity index (χ2v) is 9.98. The van der Waals surface area contributed by atoms with Crippen molar-refractivity contribution < 1.29 is 32.0 Å². The number of sulfonamides is 1. The maximum absolute atomic E-state index is 13.0.